The molecule has 0 saturated heterocycles. The minimum Gasteiger partial charge on any atom is -0.466 e. The molecule has 108 valence electrons. The van der Waals surface area contributed by atoms with E-state index in [2.05, 4.69) is 42.0 Å². The summed E-state index contributed by atoms with van der Waals surface area (Å²) in [5.74, 6) is -0.240. The van der Waals surface area contributed by atoms with Crippen LogP contribution in [0.1, 0.15) is 38.7 Å². The maximum atomic E-state index is 11.2. The number of carbonyl (C=O) groups is 1. The molecule has 20 heavy (non-hydrogen) atoms. The van der Waals surface area contributed by atoms with Gasteiger partial charge in [0.25, 0.3) is 0 Å². The monoisotopic (exact) mass is 272 g/mol. The van der Waals surface area contributed by atoms with Gasteiger partial charge in [0, 0.05) is 5.57 Å². The number of ether oxygens (including phenoxy) is 1. The van der Waals surface area contributed by atoms with E-state index in [4.69, 9.17) is 0 Å². The van der Waals surface area contributed by atoms with Gasteiger partial charge in [-0.2, -0.15) is 0 Å². The number of rotatable bonds is 7. The molecule has 1 rings (SSSR count). The van der Waals surface area contributed by atoms with Crippen molar-refractivity contribution in [2.45, 2.75) is 39.5 Å². The van der Waals surface area contributed by atoms with Crippen LogP contribution >= 0.6 is 0 Å². The molecule has 0 aromatic heterocycles. The van der Waals surface area contributed by atoms with E-state index in [1.54, 1.807) is 6.92 Å². The summed E-state index contributed by atoms with van der Waals surface area (Å²) in [6.45, 7) is 3.94. The average molecular weight is 272 g/mol. The first-order chi connectivity index (χ1) is 9.63. The first-order valence-electron chi connectivity index (χ1n) is 7.08. The first kappa shape index (κ1) is 16.2. The van der Waals surface area contributed by atoms with Crippen LogP contribution in [0.5, 0.6) is 0 Å². The molecule has 0 heterocycles. The van der Waals surface area contributed by atoms with E-state index in [9.17, 15) is 4.79 Å². The zero-order chi connectivity index (χ0) is 14.8. The second kappa shape index (κ2) is 9.13. The van der Waals surface area contributed by atoms with Crippen molar-refractivity contribution in [3.63, 3.8) is 0 Å². The van der Waals surface area contributed by atoms with Crippen molar-refractivity contribution >= 4 is 5.97 Å². The van der Waals surface area contributed by atoms with E-state index >= 15 is 0 Å². The van der Waals surface area contributed by atoms with Gasteiger partial charge in [-0.25, -0.2) is 4.79 Å². The molecule has 2 nitrogen and oxygen atoms in total. The Balaban J connectivity index is 2.30. The molecule has 0 unspecified atom stereocenters. The molecule has 0 aliphatic rings. The van der Waals surface area contributed by atoms with Crippen molar-refractivity contribution in [2.24, 2.45) is 0 Å². The minimum absolute atomic E-state index is 0.240. The Labute approximate surface area is 122 Å². The summed E-state index contributed by atoms with van der Waals surface area (Å²) in [6, 6.07) is 10.5. The van der Waals surface area contributed by atoms with E-state index in [-0.39, 0.29) is 5.97 Å². The quantitative estimate of drug-likeness (QED) is 0.416. The van der Waals surface area contributed by atoms with Gasteiger partial charge in [-0.3, -0.25) is 0 Å². The van der Waals surface area contributed by atoms with E-state index in [0.717, 1.165) is 25.7 Å². The lowest BCUT2D eigenvalue weighted by Gasteiger charge is -2.01. The highest BCUT2D eigenvalue weighted by Gasteiger charge is 2.01. The second-order valence-corrected chi connectivity index (χ2v) is 4.99. The molecule has 0 amide bonds. The third-order valence-electron chi connectivity index (χ3n) is 3.27. The molecule has 0 fully saturated rings. The van der Waals surface area contributed by atoms with Crippen LogP contribution < -0.4 is 0 Å². The van der Waals surface area contributed by atoms with Gasteiger partial charge >= 0.3 is 5.97 Å². The SMILES string of the molecule is COC(=O)/C(C)=C/CC/C(C)=C/CCc1ccccc1. The molecule has 1 aromatic rings. The fourth-order valence-electron chi connectivity index (χ4n) is 1.99. The zero-order valence-electron chi connectivity index (χ0n) is 12.7. The van der Waals surface area contributed by atoms with Crippen molar-refractivity contribution in [2.75, 3.05) is 7.11 Å². The highest BCUT2D eigenvalue weighted by atomic mass is 16.5. The summed E-state index contributed by atoms with van der Waals surface area (Å²) in [7, 11) is 1.41. The fraction of sp³-hybridized carbons (Fsp3) is 0.389. The predicted octanol–water partition coefficient (Wildman–Crippen LogP) is 4.47. The molecule has 0 spiro atoms. The van der Waals surface area contributed by atoms with Gasteiger partial charge in [0.05, 0.1) is 7.11 Å². The number of allylic oxidation sites excluding steroid dienone is 3. The number of methoxy groups -OCH3 is 1. The van der Waals surface area contributed by atoms with E-state index < -0.39 is 0 Å². The topological polar surface area (TPSA) is 26.3 Å². The molecule has 0 aliphatic heterocycles. The summed E-state index contributed by atoms with van der Waals surface area (Å²) in [6.07, 6.45) is 8.25. The largest absolute Gasteiger partial charge is 0.466 e. The van der Waals surface area contributed by atoms with Crippen molar-refractivity contribution in [3.05, 3.63) is 59.2 Å². The van der Waals surface area contributed by atoms with Crippen molar-refractivity contribution in [3.8, 4) is 0 Å². The Kier molecular flexibility index (Phi) is 7.41. The van der Waals surface area contributed by atoms with Crippen molar-refractivity contribution in [1.82, 2.24) is 0 Å². The van der Waals surface area contributed by atoms with E-state index in [0.29, 0.717) is 5.57 Å². The number of benzene rings is 1. The first-order valence-corrected chi connectivity index (χ1v) is 7.08. The van der Waals surface area contributed by atoms with Gasteiger partial charge in [-0.05, 0) is 45.1 Å². The third-order valence-corrected chi connectivity index (χ3v) is 3.27. The molecular formula is C18H24O2. The van der Waals surface area contributed by atoms with Gasteiger partial charge in [0.15, 0.2) is 0 Å². The minimum atomic E-state index is -0.240. The average Bonchev–Trinajstić information content (AvgIpc) is 2.47. The summed E-state index contributed by atoms with van der Waals surface area (Å²) in [4.78, 5) is 11.2. The molecule has 0 atom stereocenters. The standard InChI is InChI=1S/C18H24O2/c1-15(9-7-11-16(2)18(19)20-3)10-8-14-17-12-5-4-6-13-17/h4-6,10-13H,7-9,14H2,1-3H3/b15-10+,16-11+. The molecule has 0 N–H and O–H groups in total. The van der Waals surface area contributed by atoms with Gasteiger partial charge in [-0.1, -0.05) is 48.1 Å². The third kappa shape index (κ3) is 6.37. The molecule has 2 heteroatoms. The Bertz CT molecular complexity index is 469. The Morgan fingerprint density at radius 1 is 1.10 bits per heavy atom. The zero-order valence-corrected chi connectivity index (χ0v) is 12.7. The number of esters is 1. The maximum absolute atomic E-state index is 11.2. The van der Waals surface area contributed by atoms with Gasteiger partial charge in [0.2, 0.25) is 0 Å². The smallest absolute Gasteiger partial charge is 0.333 e. The lowest BCUT2D eigenvalue weighted by molar-refractivity contribution is -0.136. The Hall–Kier alpha value is -1.83. The second-order valence-electron chi connectivity index (χ2n) is 4.99. The van der Waals surface area contributed by atoms with Crippen LogP contribution in [0.15, 0.2) is 53.6 Å². The molecule has 0 radical (unpaired) electrons. The van der Waals surface area contributed by atoms with Crippen LogP contribution in [0.2, 0.25) is 0 Å². The Morgan fingerprint density at radius 2 is 1.80 bits per heavy atom. The maximum Gasteiger partial charge on any atom is 0.333 e. The lowest BCUT2D eigenvalue weighted by Crippen LogP contribution is -2.01. The molecule has 0 aliphatic carbocycles. The molecular weight excluding hydrogens is 248 g/mol. The molecule has 0 saturated carbocycles. The van der Waals surface area contributed by atoms with Crippen LogP contribution in [0, 0.1) is 0 Å². The van der Waals surface area contributed by atoms with Gasteiger partial charge < -0.3 is 4.74 Å². The Morgan fingerprint density at radius 3 is 2.45 bits per heavy atom. The molecule has 1 aromatic carbocycles. The predicted molar refractivity (Wildman–Crippen MR) is 83.5 cm³/mol. The normalized spacial score (nSPS) is 12.3. The highest BCUT2D eigenvalue weighted by molar-refractivity contribution is 5.87. The van der Waals surface area contributed by atoms with Gasteiger partial charge in [-0.15, -0.1) is 0 Å². The number of aryl methyl sites for hydroxylation is 1. The van der Waals surface area contributed by atoms with Crippen LogP contribution in [0.4, 0.5) is 0 Å². The lowest BCUT2D eigenvalue weighted by atomic mass is 10.1. The van der Waals surface area contributed by atoms with Crippen LogP contribution in [-0.4, -0.2) is 13.1 Å². The van der Waals surface area contributed by atoms with Crippen LogP contribution in [-0.2, 0) is 16.0 Å². The number of hydrogen-bond donors (Lipinski definition) is 0. The summed E-state index contributed by atoms with van der Waals surface area (Å²) >= 11 is 0. The van der Waals surface area contributed by atoms with E-state index in [1.807, 2.05) is 12.1 Å². The fourth-order valence-corrected chi connectivity index (χ4v) is 1.99. The summed E-state index contributed by atoms with van der Waals surface area (Å²) in [5.41, 5.74) is 3.43. The van der Waals surface area contributed by atoms with Crippen molar-refractivity contribution in [1.29, 1.82) is 0 Å². The van der Waals surface area contributed by atoms with Crippen molar-refractivity contribution < 1.29 is 9.53 Å². The molecule has 0 bridgehead atoms. The van der Waals surface area contributed by atoms with Crippen LogP contribution in [0.25, 0.3) is 0 Å². The van der Waals surface area contributed by atoms with E-state index in [1.165, 1.54) is 18.2 Å². The summed E-state index contributed by atoms with van der Waals surface area (Å²) in [5, 5.41) is 0. The van der Waals surface area contributed by atoms with Crippen LogP contribution in [0.3, 0.4) is 0 Å². The van der Waals surface area contributed by atoms with Gasteiger partial charge in [0.1, 0.15) is 0 Å². The number of carbonyl (C=O) groups excluding carboxylic acids is 1. The summed E-state index contributed by atoms with van der Waals surface area (Å²) < 4.78 is 4.66. The number of hydrogen-bond acceptors (Lipinski definition) is 2. The highest BCUT2D eigenvalue weighted by Crippen LogP contribution is 2.10.